The number of aromatic nitrogens is 1. The molecule has 1 aliphatic heterocycles. The molecule has 1 saturated heterocycles. The smallest absolute Gasteiger partial charge is 0.273 e. The van der Waals surface area contributed by atoms with Crippen LogP contribution in [0.5, 0.6) is 0 Å². The number of morpholine rings is 1. The molecule has 2 aromatic carbocycles. The minimum Gasteiger partial charge on any atom is -0.379 e. The predicted octanol–water partition coefficient (Wildman–Crippen LogP) is 3.45. The first kappa shape index (κ1) is 19.4. The van der Waals surface area contributed by atoms with Crippen LogP contribution in [0.4, 0.5) is 0 Å². The van der Waals surface area contributed by atoms with Crippen molar-refractivity contribution in [2.45, 2.75) is 13.0 Å². The molecule has 1 N–H and O–H groups in total. The molecule has 150 valence electrons. The van der Waals surface area contributed by atoms with E-state index in [1.165, 1.54) is 11.1 Å². The van der Waals surface area contributed by atoms with E-state index in [1.807, 2.05) is 49.4 Å². The fourth-order valence-corrected chi connectivity index (χ4v) is 3.54. The summed E-state index contributed by atoms with van der Waals surface area (Å²) in [5.74, 6) is 0.351. The zero-order valence-corrected chi connectivity index (χ0v) is 16.5. The molecule has 6 nitrogen and oxygen atoms in total. The van der Waals surface area contributed by atoms with E-state index in [-0.39, 0.29) is 17.6 Å². The summed E-state index contributed by atoms with van der Waals surface area (Å²) in [6.07, 6.45) is 0. The maximum Gasteiger partial charge on any atom is 0.273 e. The Morgan fingerprint density at radius 2 is 1.83 bits per heavy atom. The van der Waals surface area contributed by atoms with Gasteiger partial charge in [-0.1, -0.05) is 65.3 Å². The van der Waals surface area contributed by atoms with Crippen LogP contribution in [0.15, 0.2) is 65.2 Å². The lowest BCUT2D eigenvalue weighted by Gasteiger charge is -2.34. The number of carbonyl (C=O) groups excluding carboxylic acids is 1. The van der Waals surface area contributed by atoms with Gasteiger partial charge in [0.2, 0.25) is 0 Å². The summed E-state index contributed by atoms with van der Waals surface area (Å²) >= 11 is 0. The Hall–Kier alpha value is -2.96. The average Bonchev–Trinajstić information content (AvgIpc) is 3.26. The molecule has 1 aliphatic rings. The summed E-state index contributed by atoms with van der Waals surface area (Å²) in [5.41, 5.74) is 3.53. The van der Waals surface area contributed by atoms with Crippen LogP contribution >= 0.6 is 0 Å². The van der Waals surface area contributed by atoms with Gasteiger partial charge in [0.1, 0.15) is 0 Å². The van der Waals surface area contributed by atoms with Gasteiger partial charge in [-0.3, -0.25) is 9.69 Å². The molecule has 1 aromatic heterocycles. The van der Waals surface area contributed by atoms with Gasteiger partial charge >= 0.3 is 0 Å². The van der Waals surface area contributed by atoms with Crippen molar-refractivity contribution in [1.82, 2.24) is 15.4 Å². The lowest BCUT2D eigenvalue weighted by Crippen LogP contribution is -2.43. The van der Waals surface area contributed by atoms with Gasteiger partial charge in [-0.05, 0) is 12.5 Å². The van der Waals surface area contributed by atoms with E-state index < -0.39 is 0 Å². The van der Waals surface area contributed by atoms with Crippen LogP contribution in [-0.2, 0) is 4.74 Å². The second kappa shape index (κ2) is 9.03. The fourth-order valence-electron chi connectivity index (χ4n) is 3.54. The normalized spacial score (nSPS) is 15.8. The van der Waals surface area contributed by atoms with E-state index in [2.05, 4.69) is 27.5 Å². The number of amides is 1. The van der Waals surface area contributed by atoms with Gasteiger partial charge in [-0.2, -0.15) is 0 Å². The number of carbonyl (C=O) groups is 1. The van der Waals surface area contributed by atoms with Crippen LogP contribution in [-0.4, -0.2) is 48.8 Å². The molecule has 0 unspecified atom stereocenters. The van der Waals surface area contributed by atoms with Crippen molar-refractivity contribution in [2.24, 2.45) is 0 Å². The molecule has 2 heterocycles. The SMILES string of the molecule is Cc1ccc(-c2cc(C(=O)NC[C@@H](c3ccccc3)N3CCOCC3)no2)cc1. The van der Waals surface area contributed by atoms with Crippen LogP contribution in [0, 0.1) is 6.92 Å². The average molecular weight is 391 g/mol. The monoisotopic (exact) mass is 391 g/mol. The number of benzene rings is 2. The van der Waals surface area contributed by atoms with E-state index in [4.69, 9.17) is 9.26 Å². The van der Waals surface area contributed by atoms with E-state index in [1.54, 1.807) is 6.07 Å². The molecule has 1 amide bonds. The summed E-state index contributed by atoms with van der Waals surface area (Å²) in [6.45, 7) is 5.63. The third-order valence-electron chi connectivity index (χ3n) is 5.21. The van der Waals surface area contributed by atoms with Crippen molar-refractivity contribution in [2.75, 3.05) is 32.8 Å². The Kier molecular flexibility index (Phi) is 6.03. The Balaban J connectivity index is 1.44. The molecular weight excluding hydrogens is 366 g/mol. The number of hydrogen-bond donors (Lipinski definition) is 1. The quantitative estimate of drug-likeness (QED) is 0.697. The molecule has 0 saturated carbocycles. The highest BCUT2D eigenvalue weighted by atomic mass is 16.5. The zero-order chi connectivity index (χ0) is 20.1. The third kappa shape index (κ3) is 4.72. The Morgan fingerprint density at radius 3 is 2.55 bits per heavy atom. The van der Waals surface area contributed by atoms with E-state index in [0.29, 0.717) is 25.5 Å². The van der Waals surface area contributed by atoms with Crippen LogP contribution in [0.25, 0.3) is 11.3 Å². The van der Waals surface area contributed by atoms with Gasteiger partial charge in [0, 0.05) is 31.3 Å². The highest BCUT2D eigenvalue weighted by Gasteiger charge is 2.24. The molecule has 6 heteroatoms. The molecule has 29 heavy (non-hydrogen) atoms. The minimum atomic E-state index is -0.235. The first-order chi connectivity index (χ1) is 14.2. The van der Waals surface area contributed by atoms with Gasteiger partial charge in [0.15, 0.2) is 11.5 Å². The van der Waals surface area contributed by atoms with Crippen LogP contribution < -0.4 is 5.32 Å². The second-order valence-corrected chi connectivity index (χ2v) is 7.23. The number of ether oxygens (including phenoxy) is 1. The molecule has 0 radical (unpaired) electrons. The number of hydrogen-bond acceptors (Lipinski definition) is 5. The topological polar surface area (TPSA) is 67.6 Å². The summed E-state index contributed by atoms with van der Waals surface area (Å²) in [4.78, 5) is 15.0. The lowest BCUT2D eigenvalue weighted by molar-refractivity contribution is 0.0162. The van der Waals surface area contributed by atoms with Crippen LogP contribution in [0.3, 0.4) is 0 Å². The molecule has 0 bridgehead atoms. The molecular formula is C23H25N3O3. The van der Waals surface area contributed by atoms with Crippen LogP contribution in [0.1, 0.15) is 27.7 Å². The van der Waals surface area contributed by atoms with Gasteiger partial charge < -0.3 is 14.6 Å². The predicted molar refractivity (Wildman–Crippen MR) is 111 cm³/mol. The summed E-state index contributed by atoms with van der Waals surface area (Å²) in [6, 6.07) is 19.9. The van der Waals surface area contributed by atoms with Gasteiger partial charge in [0.05, 0.1) is 19.3 Å². The lowest BCUT2D eigenvalue weighted by atomic mass is 10.0. The standard InChI is InChI=1S/C23H25N3O3/c1-17-7-9-19(10-8-17)22-15-20(25-29-22)23(27)24-16-21(18-5-3-2-4-6-18)26-11-13-28-14-12-26/h2-10,15,21H,11-14,16H2,1H3,(H,24,27)/t21-/m0/s1. The highest BCUT2D eigenvalue weighted by Crippen LogP contribution is 2.23. The fraction of sp³-hybridized carbons (Fsp3) is 0.304. The zero-order valence-electron chi connectivity index (χ0n) is 16.5. The highest BCUT2D eigenvalue weighted by molar-refractivity contribution is 5.93. The number of aryl methyl sites for hydroxylation is 1. The first-order valence-corrected chi connectivity index (χ1v) is 9.89. The maximum absolute atomic E-state index is 12.7. The molecule has 3 aromatic rings. The number of nitrogens with zero attached hydrogens (tertiary/aromatic N) is 2. The van der Waals surface area contributed by atoms with Gasteiger partial charge in [0.25, 0.3) is 5.91 Å². The van der Waals surface area contributed by atoms with E-state index in [9.17, 15) is 4.79 Å². The van der Waals surface area contributed by atoms with E-state index >= 15 is 0 Å². The molecule has 0 spiro atoms. The van der Waals surface area contributed by atoms with Crippen molar-refractivity contribution in [3.8, 4) is 11.3 Å². The largest absolute Gasteiger partial charge is 0.379 e. The van der Waals surface area contributed by atoms with Crippen molar-refractivity contribution >= 4 is 5.91 Å². The maximum atomic E-state index is 12.7. The summed E-state index contributed by atoms with van der Waals surface area (Å²) in [7, 11) is 0. The first-order valence-electron chi connectivity index (χ1n) is 9.89. The minimum absolute atomic E-state index is 0.0903. The number of nitrogens with one attached hydrogen (secondary N) is 1. The number of rotatable bonds is 6. The van der Waals surface area contributed by atoms with Crippen LogP contribution in [0.2, 0.25) is 0 Å². The molecule has 4 rings (SSSR count). The third-order valence-corrected chi connectivity index (χ3v) is 5.21. The Morgan fingerprint density at radius 1 is 1.10 bits per heavy atom. The summed E-state index contributed by atoms with van der Waals surface area (Å²) < 4.78 is 10.9. The molecule has 0 aliphatic carbocycles. The van der Waals surface area contributed by atoms with Crippen molar-refractivity contribution in [3.63, 3.8) is 0 Å². The van der Waals surface area contributed by atoms with E-state index in [0.717, 1.165) is 18.7 Å². The Labute approximate surface area is 170 Å². The molecule has 1 fully saturated rings. The second-order valence-electron chi connectivity index (χ2n) is 7.23. The molecule has 1 atom stereocenters. The van der Waals surface area contributed by atoms with Gasteiger partial charge in [-0.25, -0.2) is 0 Å². The van der Waals surface area contributed by atoms with Crippen molar-refractivity contribution in [1.29, 1.82) is 0 Å². The van der Waals surface area contributed by atoms with Gasteiger partial charge in [-0.15, -0.1) is 0 Å². The van der Waals surface area contributed by atoms with Crippen molar-refractivity contribution in [3.05, 3.63) is 77.5 Å². The Bertz CT molecular complexity index is 932. The summed E-state index contributed by atoms with van der Waals surface area (Å²) in [5, 5.41) is 6.98. The van der Waals surface area contributed by atoms with Crippen molar-refractivity contribution < 1.29 is 14.1 Å².